The predicted molar refractivity (Wildman–Crippen MR) is 50.5 cm³/mol. The maximum atomic E-state index is 2.28. The van der Waals surface area contributed by atoms with E-state index >= 15 is 0 Å². The highest BCUT2D eigenvalue weighted by Crippen LogP contribution is 2.19. The van der Waals surface area contributed by atoms with Crippen LogP contribution < -0.4 is 0 Å². The van der Waals surface area contributed by atoms with Crippen LogP contribution in [0.1, 0.15) is 33.1 Å². The SMILES string of the molecule is CC/C=C1/C=CC(CCC)=C1. The Hall–Kier alpha value is -0.780. The Balaban J connectivity index is 2.55. The number of allylic oxidation sites excluding steroid dienone is 6. The quantitative estimate of drug-likeness (QED) is 0.573. The van der Waals surface area contributed by atoms with Gasteiger partial charge in [0.2, 0.25) is 0 Å². The fourth-order valence-electron chi connectivity index (χ4n) is 1.32. The molecular formula is C11H16. The Morgan fingerprint density at radius 3 is 2.73 bits per heavy atom. The summed E-state index contributed by atoms with van der Waals surface area (Å²) in [6, 6.07) is 0. The molecule has 0 heterocycles. The third-order valence-corrected chi connectivity index (χ3v) is 1.82. The van der Waals surface area contributed by atoms with Crippen LogP contribution in [0.5, 0.6) is 0 Å². The van der Waals surface area contributed by atoms with Crippen LogP contribution in [-0.4, -0.2) is 0 Å². The molecule has 0 aromatic rings. The lowest BCUT2D eigenvalue weighted by molar-refractivity contribution is 0.929. The van der Waals surface area contributed by atoms with Gasteiger partial charge in [-0.3, -0.25) is 0 Å². The molecule has 1 aliphatic rings. The van der Waals surface area contributed by atoms with E-state index in [0.717, 1.165) is 6.42 Å². The Bertz CT molecular complexity index is 204. The summed E-state index contributed by atoms with van der Waals surface area (Å²) in [7, 11) is 0. The highest BCUT2D eigenvalue weighted by molar-refractivity contribution is 5.45. The highest BCUT2D eigenvalue weighted by atomic mass is 14.0. The van der Waals surface area contributed by atoms with Gasteiger partial charge in [-0.25, -0.2) is 0 Å². The fourth-order valence-corrected chi connectivity index (χ4v) is 1.32. The van der Waals surface area contributed by atoms with Crippen molar-refractivity contribution in [3.8, 4) is 0 Å². The van der Waals surface area contributed by atoms with E-state index in [0.29, 0.717) is 0 Å². The Morgan fingerprint density at radius 2 is 2.09 bits per heavy atom. The molecule has 0 atom stereocenters. The van der Waals surface area contributed by atoms with Crippen LogP contribution in [0.15, 0.2) is 35.5 Å². The summed E-state index contributed by atoms with van der Waals surface area (Å²) in [6.45, 7) is 4.39. The number of rotatable bonds is 3. The zero-order valence-electron chi connectivity index (χ0n) is 7.43. The molecule has 0 saturated heterocycles. The van der Waals surface area contributed by atoms with Crippen LogP contribution in [0.2, 0.25) is 0 Å². The smallest absolute Gasteiger partial charge is 0.0281 e. The topological polar surface area (TPSA) is 0 Å². The van der Waals surface area contributed by atoms with Gasteiger partial charge in [0.1, 0.15) is 0 Å². The van der Waals surface area contributed by atoms with Crippen LogP contribution in [0, 0.1) is 0 Å². The summed E-state index contributed by atoms with van der Waals surface area (Å²) >= 11 is 0. The average molecular weight is 148 g/mol. The normalized spacial score (nSPS) is 19.5. The van der Waals surface area contributed by atoms with Gasteiger partial charge in [-0.15, -0.1) is 0 Å². The Labute approximate surface area is 69.3 Å². The van der Waals surface area contributed by atoms with Crippen molar-refractivity contribution in [1.82, 2.24) is 0 Å². The lowest BCUT2D eigenvalue weighted by Gasteiger charge is -1.91. The summed E-state index contributed by atoms with van der Waals surface area (Å²) in [5, 5.41) is 0. The molecule has 0 fully saturated rings. The van der Waals surface area contributed by atoms with Crippen molar-refractivity contribution < 1.29 is 0 Å². The van der Waals surface area contributed by atoms with Gasteiger partial charge in [-0.2, -0.15) is 0 Å². The largest absolute Gasteiger partial charge is 0.0775 e. The molecule has 0 N–H and O–H groups in total. The summed E-state index contributed by atoms with van der Waals surface area (Å²) in [5.41, 5.74) is 2.86. The summed E-state index contributed by atoms with van der Waals surface area (Å²) in [6.07, 6.45) is 12.6. The van der Waals surface area contributed by atoms with Gasteiger partial charge in [0, 0.05) is 0 Å². The zero-order chi connectivity index (χ0) is 8.10. The van der Waals surface area contributed by atoms with Gasteiger partial charge in [0.25, 0.3) is 0 Å². The zero-order valence-corrected chi connectivity index (χ0v) is 7.43. The van der Waals surface area contributed by atoms with Crippen molar-refractivity contribution in [2.24, 2.45) is 0 Å². The van der Waals surface area contributed by atoms with Crippen LogP contribution >= 0.6 is 0 Å². The van der Waals surface area contributed by atoms with Crippen molar-refractivity contribution in [2.75, 3.05) is 0 Å². The molecule has 0 radical (unpaired) electrons. The molecule has 60 valence electrons. The van der Waals surface area contributed by atoms with Crippen molar-refractivity contribution in [3.63, 3.8) is 0 Å². The third-order valence-electron chi connectivity index (χ3n) is 1.82. The van der Waals surface area contributed by atoms with E-state index in [1.165, 1.54) is 24.0 Å². The van der Waals surface area contributed by atoms with Crippen LogP contribution in [0.4, 0.5) is 0 Å². The minimum absolute atomic E-state index is 1.13. The van der Waals surface area contributed by atoms with Crippen molar-refractivity contribution >= 4 is 0 Å². The van der Waals surface area contributed by atoms with Gasteiger partial charge in [-0.05, 0) is 24.0 Å². The first-order chi connectivity index (χ1) is 5.36. The highest BCUT2D eigenvalue weighted by Gasteiger charge is 1.99. The maximum absolute atomic E-state index is 2.28. The van der Waals surface area contributed by atoms with Crippen molar-refractivity contribution in [3.05, 3.63) is 35.5 Å². The average Bonchev–Trinajstić information content (AvgIpc) is 2.38. The first-order valence-corrected chi connectivity index (χ1v) is 4.45. The maximum Gasteiger partial charge on any atom is -0.0281 e. The van der Waals surface area contributed by atoms with E-state index in [-0.39, 0.29) is 0 Å². The molecule has 0 amide bonds. The molecule has 0 nitrogen and oxygen atoms in total. The predicted octanol–water partition coefficient (Wildman–Crippen LogP) is 3.62. The van der Waals surface area contributed by atoms with E-state index in [4.69, 9.17) is 0 Å². The van der Waals surface area contributed by atoms with Gasteiger partial charge in [0.05, 0.1) is 0 Å². The summed E-state index contributed by atoms with van der Waals surface area (Å²) in [4.78, 5) is 0. The number of hydrogen-bond donors (Lipinski definition) is 0. The lowest BCUT2D eigenvalue weighted by atomic mass is 10.1. The Morgan fingerprint density at radius 1 is 1.27 bits per heavy atom. The molecule has 0 unspecified atom stereocenters. The van der Waals surface area contributed by atoms with Crippen LogP contribution in [0.25, 0.3) is 0 Å². The van der Waals surface area contributed by atoms with E-state index in [2.05, 4.69) is 38.2 Å². The molecule has 0 bridgehead atoms. The van der Waals surface area contributed by atoms with E-state index < -0.39 is 0 Å². The van der Waals surface area contributed by atoms with E-state index in [1.54, 1.807) is 0 Å². The van der Waals surface area contributed by atoms with E-state index in [9.17, 15) is 0 Å². The van der Waals surface area contributed by atoms with Crippen molar-refractivity contribution in [1.29, 1.82) is 0 Å². The second-order valence-corrected chi connectivity index (χ2v) is 2.91. The van der Waals surface area contributed by atoms with Gasteiger partial charge in [-0.1, -0.05) is 44.6 Å². The molecule has 0 aliphatic heterocycles. The molecule has 0 saturated carbocycles. The molecule has 0 spiro atoms. The molecule has 0 heteroatoms. The molecule has 1 aliphatic carbocycles. The van der Waals surface area contributed by atoms with Gasteiger partial charge in [0.15, 0.2) is 0 Å². The number of hydrogen-bond acceptors (Lipinski definition) is 0. The fraction of sp³-hybridized carbons (Fsp3) is 0.455. The summed E-state index contributed by atoms with van der Waals surface area (Å²) < 4.78 is 0. The third kappa shape index (κ3) is 2.38. The second-order valence-electron chi connectivity index (χ2n) is 2.91. The van der Waals surface area contributed by atoms with Gasteiger partial charge < -0.3 is 0 Å². The lowest BCUT2D eigenvalue weighted by Crippen LogP contribution is -1.72. The first kappa shape index (κ1) is 8.32. The minimum atomic E-state index is 1.13. The minimum Gasteiger partial charge on any atom is -0.0775 e. The van der Waals surface area contributed by atoms with Crippen LogP contribution in [-0.2, 0) is 0 Å². The monoisotopic (exact) mass is 148 g/mol. The van der Waals surface area contributed by atoms with Crippen molar-refractivity contribution in [2.45, 2.75) is 33.1 Å². The molecule has 11 heavy (non-hydrogen) atoms. The molecule has 1 rings (SSSR count). The van der Waals surface area contributed by atoms with E-state index in [1.807, 2.05) is 0 Å². The first-order valence-electron chi connectivity index (χ1n) is 4.45. The molecule has 0 aromatic carbocycles. The standard InChI is InChI=1S/C11H16/c1-3-5-10-7-8-11(9-10)6-4-2/h5,7-9H,3-4,6H2,1-2H3/b10-5-. The summed E-state index contributed by atoms with van der Waals surface area (Å²) in [5.74, 6) is 0. The molecular weight excluding hydrogens is 132 g/mol. The van der Waals surface area contributed by atoms with Gasteiger partial charge >= 0.3 is 0 Å². The Kier molecular flexibility index (Phi) is 3.15. The van der Waals surface area contributed by atoms with Crippen LogP contribution in [0.3, 0.4) is 0 Å². The second kappa shape index (κ2) is 4.17. The molecule has 0 aromatic heterocycles.